The van der Waals surface area contributed by atoms with Crippen LogP contribution in [0.3, 0.4) is 0 Å². The number of aryl methyl sites for hydroxylation is 1. The highest BCUT2D eigenvalue weighted by atomic mass is 19.3. The van der Waals surface area contributed by atoms with Crippen LogP contribution in [0.25, 0.3) is 0 Å². The smallest absolute Gasteiger partial charge is 0.387 e. The molecule has 2 aromatic carbocycles. The zero-order valence-corrected chi connectivity index (χ0v) is 10.9. The number of ether oxygens (including phenoxy) is 1. The molecule has 0 fully saturated rings. The van der Waals surface area contributed by atoms with Gasteiger partial charge in [0.15, 0.2) is 0 Å². The van der Waals surface area contributed by atoms with Crippen LogP contribution in [-0.2, 0) is 6.54 Å². The van der Waals surface area contributed by atoms with Crippen LogP contribution in [0.2, 0.25) is 0 Å². The summed E-state index contributed by atoms with van der Waals surface area (Å²) in [5, 5.41) is 12.7. The molecular formula is C15H15F2NO2. The van der Waals surface area contributed by atoms with Gasteiger partial charge in [-0.3, -0.25) is 0 Å². The Morgan fingerprint density at radius 1 is 1.20 bits per heavy atom. The van der Waals surface area contributed by atoms with Crippen LogP contribution in [0.5, 0.6) is 11.5 Å². The molecule has 3 nitrogen and oxygen atoms in total. The minimum Gasteiger partial charge on any atom is -0.508 e. The van der Waals surface area contributed by atoms with E-state index in [0.717, 1.165) is 5.56 Å². The van der Waals surface area contributed by atoms with Gasteiger partial charge >= 0.3 is 6.61 Å². The minimum absolute atomic E-state index is 0.145. The van der Waals surface area contributed by atoms with E-state index in [0.29, 0.717) is 17.8 Å². The third-order valence-electron chi connectivity index (χ3n) is 2.88. The molecule has 2 N–H and O–H groups in total. The number of para-hydroxylation sites is 1. The number of halogens is 2. The maximum atomic E-state index is 12.3. The maximum Gasteiger partial charge on any atom is 0.387 e. The van der Waals surface area contributed by atoms with Gasteiger partial charge in [-0.15, -0.1) is 0 Å². The molecular weight excluding hydrogens is 264 g/mol. The Kier molecular flexibility index (Phi) is 4.40. The van der Waals surface area contributed by atoms with Gasteiger partial charge in [0.25, 0.3) is 0 Å². The van der Waals surface area contributed by atoms with Gasteiger partial charge in [-0.25, -0.2) is 0 Å². The molecule has 0 saturated heterocycles. The number of phenolic OH excluding ortho intramolecular Hbond substituents is 1. The van der Waals surface area contributed by atoms with E-state index in [-0.39, 0.29) is 11.5 Å². The van der Waals surface area contributed by atoms with Gasteiger partial charge in [0, 0.05) is 23.9 Å². The molecule has 0 saturated carbocycles. The van der Waals surface area contributed by atoms with Crippen LogP contribution in [0.4, 0.5) is 14.5 Å². The average molecular weight is 279 g/mol. The van der Waals surface area contributed by atoms with Gasteiger partial charge in [-0.05, 0) is 24.6 Å². The summed E-state index contributed by atoms with van der Waals surface area (Å²) in [6.07, 6.45) is 0. The van der Waals surface area contributed by atoms with Crippen molar-refractivity contribution in [3.63, 3.8) is 0 Å². The van der Waals surface area contributed by atoms with Crippen molar-refractivity contribution in [2.24, 2.45) is 0 Å². The van der Waals surface area contributed by atoms with Gasteiger partial charge in [-0.2, -0.15) is 8.78 Å². The highest BCUT2D eigenvalue weighted by Gasteiger charge is 2.09. The normalized spacial score (nSPS) is 10.6. The lowest BCUT2D eigenvalue weighted by molar-refractivity contribution is -0.0504. The number of alkyl halides is 2. The van der Waals surface area contributed by atoms with Crippen LogP contribution in [0.1, 0.15) is 11.1 Å². The van der Waals surface area contributed by atoms with E-state index in [4.69, 9.17) is 0 Å². The first-order valence-corrected chi connectivity index (χ1v) is 6.12. The van der Waals surface area contributed by atoms with Crippen molar-refractivity contribution in [2.45, 2.75) is 20.1 Å². The molecule has 2 rings (SSSR count). The lowest BCUT2D eigenvalue weighted by Crippen LogP contribution is -2.07. The summed E-state index contributed by atoms with van der Waals surface area (Å²) in [4.78, 5) is 0. The highest BCUT2D eigenvalue weighted by Crippen LogP contribution is 2.24. The Balaban J connectivity index is 2.08. The maximum absolute atomic E-state index is 12.3. The van der Waals surface area contributed by atoms with Crippen LogP contribution in [-0.4, -0.2) is 11.7 Å². The second-order valence-corrected chi connectivity index (χ2v) is 4.34. The molecule has 106 valence electrons. The van der Waals surface area contributed by atoms with Crippen molar-refractivity contribution in [3.05, 3.63) is 53.6 Å². The number of benzene rings is 2. The fourth-order valence-corrected chi connectivity index (χ4v) is 1.78. The monoisotopic (exact) mass is 279 g/mol. The van der Waals surface area contributed by atoms with Crippen LogP contribution in [0, 0.1) is 6.92 Å². The first-order valence-electron chi connectivity index (χ1n) is 6.12. The Morgan fingerprint density at radius 2 is 1.95 bits per heavy atom. The van der Waals surface area contributed by atoms with E-state index in [1.165, 1.54) is 6.07 Å². The van der Waals surface area contributed by atoms with E-state index in [1.54, 1.807) is 37.3 Å². The largest absolute Gasteiger partial charge is 0.508 e. The first kappa shape index (κ1) is 14.1. The van der Waals surface area contributed by atoms with Crippen LogP contribution < -0.4 is 10.1 Å². The van der Waals surface area contributed by atoms with Crippen molar-refractivity contribution in [2.75, 3.05) is 5.32 Å². The zero-order valence-electron chi connectivity index (χ0n) is 10.9. The van der Waals surface area contributed by atoms with E-state index in [1.807, 2.05) is 6.07 Å². The lowest BCUT2D eigenvalue weighted by atomic mass is 10.1. The van der Waals surface area contributed by atoms with E-state index in [2.05, 4.69) is 10.1 Å². The summed E-state index contributed by atoms with van der Waals surface area (Å²) < 4.78 is 29.0. The summed E-state index contributed by atoms with van der Waals surface area (Å²) in [6.45, 7) is -0.726. The van der Waals surface area contributed by atoms with Gasteiger partial charge in [0.05, 0.1) is 0 Å². The first-order chi connectivity index (χ1) is 9.56. The topological polar surface area (TPSA) is 41.5 Å². The van der Waals surface area contributed by atoms with Crippen molar-refractivity contribution >= 4 is 5.69 Å². The van der Waals surface area contributed by atoms with Gasteiger partial charge in [0.2, 0.25) is 0 Å². The molecule has 0 spiro atoms. The van der Waals surface area contributed by atoms with Gasteiger partial charge < -0.3 is 15.2 Å². The molecule has 0 bridgehead atoms. The van der Waals surface area contributed by atoms with Crippen LogP contribution in [0.15, 0.2) is 42.5 Å². The fraction of sp³-hybridized carbons (Fsp3) is 0.200. The third kappa shape index (κ3) is 3.60. The molecule has 0 atom stereocenters. The third-order valence-corrected chi connectivity index (χ3v) is 2.88. The molecule has 0 amide bonds. The number of rotatable bonds is 5. The van der Waals surface area contributed by atoms with Crippen LogP contribution >= 0.6 is 0 Å². The SMILES string of the molecule is Cc1ccc(NCc2ccccc2OC(F)F)cc1O. The molecule has 0 radical (unpaired) electrons. The molecule has 0 unspecified atom stereocenters. The predicted molar refractivity (Wildman–Crippen MR) is 73.2 cm³/mol. The molecule has 20 heavy (non-hydrogen) atoms. The Morgan fingerprint density at radius 3 is 2.65 bits per heavy atom. The quantitative estimate of drug-likeness (QED) is 0.871. The summed E-state index contributed by atoms with van der Waals surface area (Å²) in [6, 6.07) is 11.8. The number of anilines is 1. The lowest BCUT2D eigenvalue weighted by Gasteiger charge is -2.12. The van der Waals surface area contributed by atoms with Crippen molar-refractivity contribution < 1.29 is 18.6 Å². The Bertz CT molecular complexity index is 588. The standard InChI is InChI=1S/C15H15F2NO2/c1-10-6-7-12(8-13(10)19)18-9-11-4-2-3-5-14(11)20-15(16)17/h2-8,15,18-19H,9H2,1H3. The number of hydrogen-bond acceptors (Lipinski definition) is 3. The summed E-state index contributed by atoms with van der Waals surface area (Å²) in [7, 11) is 0. The van der Waals surface area contributed by atoms with Gasteiger partial charge in [0.1, 0.15) is 11.5 Å². The van der Waals surface area contributed by atoms with Crippen molar-refractivity contribution in [1.82, 2.24) is 0 Å². The van der Waals surface area contributed by atoms with Crippen molar-refractivity contribution in [1.29, 1.82) is 0 Å². The second-order valence-electron chi connectivity index (χ2n) is 4.34. The molecule has 5 heteroatoms. The number of nitrogens with one attached hydrogen (secondary N) is 1. The Hall–Kier alpha value is -2.30. The fourth-order valence-electron chi connectivity index (χ4n) is 1.78. The van der Waals surface area contributed by atoms with E-state index >= 15 is 0 Å². The molecule has 0 aromatic heterocycles. The number of aromatic hydroxyl groups is 1. The Labute approximate surface area is 115 Å². The average Bonchev–Trinajstić information content (AvgIpc) is 2.41. The minimum atomic E-state index is -2.85. The summed E-state index contributed by atoms with van der Waals surface area (Å²) in [5.74, 6) is 0.332. The molecule has 0 aliphatic heterocycles. The van der Waals surface area contributed by atoms with Gasteiger partial charge in [-0.1, -0.05) is 24.3 Å². The second kappa shape index (κ2) is 6.23. The van der Waals surface area contributed by atoms with Crippen molar-refractivity contribution in [3.8, 4) is 11.5 Å². The predicted octanol–water partition coefficient (Wildman–Crippen LogP) is 3.91. The molecule has 0 heterocycles. The molecule has 0 aliphatic carbocycles. The number of hydrogen-bond donors (Lipinski definition) is 2. The summed E-state index contributed by atoms with van der Waals surface area (Å²) in [5.41, 5.74) is 2.10. The zero-order chi connectivity index (χ0) is 14.5. The molecule has 0 aliphatic rings. The highest BCUT2D eigenvalue weighted by molar-refractivity contribution is 5.51. The summed E-state index contributed by atoms with van der Waals surface area (Å²) >= 11 is 0. The van der Waals surface area contributed by atoms with E-state index in [9.17, 15) is 13.9 Å². The number of phenols is 1. The molecule has 2 aromatic rings. The van der Waals surface area contributed by atoms with E-state index < -0.39 is 6.61 Å².